The van der Waals surface area contributed by atoms with Gasteiger partial charge in [-0.2, -0.15) is 5.26 Å². The first-order chi connectivity index (χ1) is 5.45. The second-order valence-electron chi connectivity index (χ2n) is 4.30. The Morgan fingerprint density at radius 1 is 1.50 bits per heavy atom. The number of halogens is 1. The van der Waals surface area contributed by atoms with E-state index in [0.717, 1.165) is 0 Å². The fraction of sp³-hybridized carbons (Fsp3) is 0.889. The minimum absolute atomic E-state index is 0.0960. The first-order valence-electron chi connectivity index (χ1n) is 4.25. The third kappa shape index (κ3) is 1.75. The zero-order valence-corrected chi connectivity index (χ0v) is 7.84. The summed E-state index contributed by atoms with van der Waals surface area (Å²) >= 11 is 0. The Bertz CT molecular complexity index is 202. The largest absolute Gasteiger partial charge is 0.280 e. The summed E-state index contributed by atoms with van der Waals surface area (Å²) in [6, 6.07) is 1.90. The number of alkyl halides is 1. The Morgan fingerprint density at radius 2 is 2.08 bits per heavy atom. The molecule has 0 amide bonds. The fourth-order valence-corrected chi connectivity index (χ4v) is 1.65. The van der Waals surface area contributed by atoms with Crippen molar-refractivity contribution in [3.63, 3.8) is 0 Å². The van der Waals surface area contributed by atoms with Crippen LogP contribution >= 0.6 is 0 Å². The predicted octanol–water partition coefficient (Wildman–Crippen LogP) is 1.72. The number of nitrogens with zero attached hydrogens (tertiary/aromatic N) is 2. The molecule has 0 aromatic rings. The molecule has 2 nitrogen and oxygen atoms in total. The minimum Gasteiger partial charge on any atom is -0.280 e. The third-order valence-corrected chi connectivity index (χ3v) is 2.26. The molecule has 1 fully saturated rings. The molecule has 0 aliphatic carbocycles. The van der Waals surface area contributed by atoms with Crippen molar-refractivity contribution in [2.45, 2.75) is 44.9 Å². The molecule has 68 valence electrons. The maximum Gasteiger partial charge on any atom is 0.115 e. The van der Waals surface area contributed by atoms with Gasteiger partial charge in [-0.15, -0.1) is 0 Å². The summed E-state index contributed by atoms with van der Waals surface area (Å²) in [5.41, 5.74) is -0.0960. The predicted molar refractivity (Wildman–Crippen MR) is 45.4 cm³/mol. The van der Waals surface area contributed by atoms with Crippen LogP contribution in [0.3, 0.4) is 0 Å². The summed E-state index contributed by atoms with van der Waals surface area (Å²) in [7, 11) is 0. The summed E-state index contributed by atoms with van der Waals surface area (Å²) in [4.78, 5) is 1.93. The molecule has 0 bridgehead atoms. The van der Waals surface area contributed by atoms with Gasteiger partial charge in [-0.3, -0.25) is 4.90 Å². The molecular weight excluding hydrogens is 155 g/mol. The van der Waals surface area contributed by atoms with Crippen LogP contribution in [-0.2, 0) is 0 Å². The van der Waals surface area contributed by atoms with Crippen molar-refractivity contribution in [3.8, 4) is 6.07 Å². The Kier molecular flexibility index (Phi) is 2.39. The van der Waals surface area contributed by atoms with Gasteiger partial charge in [-0.25, -0.2) is 4.39 Å². The highest BCUT2D eigenvalue weighted by molar-refractivity contribution is 5.03. The van der Waals surface area contributed by atoms with Crippen LogP contribution in [0.25, 0.3) is 0 Å². The van der Waals surface area contributed by atoms with E-state index in [0.29, 0.717) is 13.0 Å². The summed E-state index contributed by atoms with van der Waals surface area (Å²) in [6.07, 6.45) is -0.456. The van der Waals surface area contributed by atoms with Crippen molar-refractivity contribution in [1.29, 1.82) is 5.26 Å². The monoisotopic (exact) mass is 170 g/mol. The Labute approximate surface area is 73.0 Å². The van der Waals surface area contributed by atoms with E-state index in [1.54, 1.807) is 0 Å². The summed E-state index contributed by atoms with van der Waals surface area (Å²) < 4.78 is 12.9. The molecule has 0 saturated carbocycles. The second kappa shape index (κ2) is 3.02. The van der Waals surface area contributed by atoms with E-state index in [4.69, 9.17) is 5.26 Å². The average Bonchev–Trinajstić information content (AvgIpc) is 2.29. The third-order valence-electron chi connectivity index (χ3n) is 2.26. The first kappa shape index (κ1) is 9.47. The topological polar surface area (TPSA) is 27.0 Å². The highest BCUT2D eigenvalue weighted by atomic mass is 19.1. The van der Waals surface area contributed by atoms with Crippen LogP contribution in [0.1, 0.15) is 27.2 Å². The van der Waals surface area contributed by atoms with Gasteiger partial charge in [0.25, 0.3) is 0 Å². The first-order valence-corrected chi connectivity index (χ1v) is 4.25. The van der Waals surface area contributed by atoms with E-state index in [9.17, 15) is 4.39 Å². The summed E-state index contributed by atoms with van der Waals surface area (Å²) in [6.45, 7) is 6.43. The smallest absolute Gasteiger partial charge is 0.115 e. The van der Waals surface area contributed by atoms with Crippen LogP contribution in [0.2, 0.25) is 0 Å². The SMILES string of the molecule is CC(C)(C)N1C[C@@H](F)C[C@H]1C#N. The van der Waals surface area contributed by atoms with Crippen molar-refractivity contribution in [2.75, 3.05) is 6.54 Å². The number of rotatable bonds is 0. The van der Waals surface area contributed by atoms with Crippen molar-refractivity contribution in [2.24, 2.45) is 0 Å². The number of nitriles is 1. The lowest BCUT2D eigenvalue weighted by molar-refractivity contribution is 0.138. The van der Waals surface area contributed by atoms with Gasteiger partial charge in [0.2, 0.25) is 0 Å². The lowest BCUT2D eigenvalue weighted by atomic mass is 10.1. The van der Waals surface area contributed by atoms with Gasteiger partial charge in [0.1, 0.15) is 12.2 Å². The molecule has 1 aliphatic heterocycles. The molecule has 0 aromatic heterocycles. The molecule has 1 aliphatic rings. The molecule has 0 unspecified atom stereocenters. The number of hydrogen-bond donors (Lipinski definition) is 0. The molecule has 0 N–H and O–H groups in total. The van der Waals surface area contributed by atoms with Crippen LogP contribution in [0.5, 0.6) is 0 Å². The second-order valence-corrected chi connectivity index (χ2v) is 4.30. The van der Waals surface area contributed by atoms with Crippen LogP contribution < -0.4 is 0 Å². The Balaban J connectivity index is 2.72. The molecule has 1 rings (SSSR count). The zero-order chi connectivity index (χ0) is 9.35. The van der Waals surface area contributed by atoms with E-state index in [1.807, 2.05) is 25.7 Å². The van der Waals surface area contributed by atoms with Crippen molar-refractivity contribution in [1.82, 2.24) is 4.90 Å². The van der Waals surface area contributed by atoms with E-state index >= 15 is 0 Å². The lowest BCUT2D eigenvalue weighted by Gasteiger charge is -2.33. The van der Waals surface area contributed by atoms with Crippen LogP contribution in [0, 0.1) is 11.3 Å². The van der Waals surface area contributed by atoms with E-state index in [1.165, 1.54) is 0 Å². The van der Waals surface area contributed by atoms with Crippen LogP contribution in [-0.4, -0.2) is 29.2 Å². The number of hydrogen-bond acceptors (Lipinski definition) is 2. The van der Waals surface area contributed by atoms with Gasteiger partial charge in [0.15, 0.2) is 0 Å². The van der Waals surface area contributed by atoms with Crippen molar-refractivity contribution >= 4 is 0 Å². The molecule has 2 atom stereocenters. The Hall–Kier alpha value is -0.620. The fourth-order valence-electron chi connectivity index (χ4n) is 1.65. The highest BCUT2D eigenvalue weighted by Crippen LogP contribution is 2.27. The van der Waals surface area contributed by atoms with E-state index < -0.39 is 6.17 Å². The molecule has 1 saturated heterocycles. The van der Waals surface area contributed by atoms with Gasteiger partial charge in [-0.1, -0.05) is 0 Å². The molecule has 3 heteroatoms. The van der Waals surface area contributed by atoms with Gasteiger partial charge in [-0.05, 0) is 20.8 Å². The van der Waals surface area contributed by atoms with Crippen molar-refractivity contribution < 1.29 is 4.39 Å². The normalized spacial score (nSPS) is 31.9. The van der Waals surface area contributed by atoms with Gasteiger partial charge < -0.3 is 0 Å². The van der Waals surface area contributed by atoms with E-state index in [2.05, 4.69) is 6.07 Å². The molecule has 0 radical (unpaired) electrons. The average molecular weight is 170 g/mol. The standard InChI is InChI=1S/C9H15FN2/c1-9(2,3)12-6-7(10)4-8(12)5-11/h7-8H,4,6H2,1-3H3/t7-,8-/m0/s1. The maximum absolute atomic E-state index is 12.9. The lowest BCUT2D eigenvalue weighted by Crippen LogP contribution is -2.44. The molecule has 12 heavy (non-hydrogen) atoms. The quantitative estimate of drug-likeness (QED) is 0.553. The van der Waals surface area contributed by atoms with Crippen LogP contribution in [0.15, 0.2) is 0 Å². The zero-order valence-electron chi connectivity index (χ0n) is 7.84. The minimum atomic E-state index is -0.825. The van der Waals surface area contributed by atoms with E-state index in [-0.39, 0.29) is 11.6 Å². The van der Waals surface area contributed by atoms with Crippen molar-refractivity contribution in [3.05, 3.63) is 0 Å². The Morgan fingerprint density at radius 3 is 2.42 bits per heavy atom. The molecule has 1 heterocycles. The van der Waals surface area contributed by atoms with Gasteiger partial charge in [0.05, 0.1) is 6.07 Å². The number of likely N-dealkylation sites (tertiary alicyclic amines) is 1. The van der Waals surface area contributed by atoms with Gasteiger partial charge >= 0.3 is 0 Å². The summed E-state index contributed by atoms with van der Waals surface area (Å²) in [5, 5.41) is 8.76. The van der Waals surface area contributed by atoms with Crippen LogP contribution in [0.4, 0.5) is 4.39 Å². The van der Waals surface area contributed by atoms with Gasteiger partial charge in [0, 0.05) is 18.5 Å². The molecule has 0 spiro atoms. The summed E-state index contributed by atoms with van der Waals surface area (Å²) in [5.74, 6) is 0. The molecular formula is C9H15FN2. The maximum atomic E-state index is 12.9. The molecule has 0 aromatic carbocycles. The highest BCUT2D eigenvalue weighted by Gasteiger charge is 2.38.